The third kappa shape index (κ3) is 5.54. The molecule has 1 amide bonds. The Labute approximate surface area is 157 Å². The molecule has 2 rings (SSSR count). The number of ether oxygens (including phenoxy) is 2. The second-order valence-corrected chi connectivity index (χ2v) is 7.13. The van der Waals surface area contributed by atoms with Crippen molar-refractivity contribution in [3.63, 3.8) is 0 Å². The van der Waals surface area contributed by atoms with Crippen LogP contribution >= 0.6 is 0 Å². The number of hydrogen-bond donors (Lipinski definition) is 2. The first-order valence-corrected chi connectivity index (χ1v) is 8.60. The SMILES string of the molecule is Cc1nc(-c2ccnc(N)c2)c(F)cc1OCC(C)(CC(C)C)OC(N)=O. The van der Waals surface area contributed by atoms with Gasteiger partial charge in [-0.1, -0.05) is 13.8 Å². The van der Waals surface area contributed by atoms with Gasteiger partial charge in [-0.05, 0) is 38.3 Å². The van der Waals surface area contributed by atoms with Gasteiger partial charge in [-0.25, -0.2) is 19.2 Å². The van der Waals surface area contributed by atoms with Crippen LogP contribution in [-0.2, 0) is 4.74 Å². The molecule has 2 heterocycles. The Bertz CT molecular complexity index is 829. The van der Waals surface area contributed by atoms with Gasteiger partial charge < -0.3 is 20.9 Å². The second-order valence-electron chi connectivity index (χ2n) is 7.13. The van der Waals surface area contributed by atoms with Crippen LogP contribution in [0.3, 0.4) is 0 Å². The zero-order valence-electron chi connectivity index (χ0n) is 16.0. The number of nitrogen functional groups attached to an aromatic ring is 1. The Kier molecular flexibility index (Phi) is 6.20. The summed E-state index contributed by atoms with van der Waals surface area (Å²) in [6.07, 6.45) is 1.15. The lowest BCUT2D eigenvalue weighted by atomic mass is 9.95. The molecule has 27 heavy (non-hydrogen) atoms. The van der Waals surface area contributed by atoms with Crippen LogP contribution in [0.25, 0.3) is 11.3 Å². The minimum absolute atomic E-state index is 0.0254. The van der Waals surface area contributed by atoms with Gasteiger partial charge in [0, 0.05) is 17.8 Å². The average Bonchev–Trinajstić information content (AvgIpc) is 2.53. The molecule has 2 aromatic heterocycles. The number of nitrogens with two attached hydrogens (primary N) is 2. The molecule has 0 aliphatic heterocycles. The minimum atomic E-state index is -0.929. The first kappa shape index (κ1) is 20.4. The smallest absolute Gasteiger partial charge is 0.405 e. The van der Waals surface area contributed by atoms with E-state index >= 15 is 0 Å². The monoisotopic (exact) mass is 376 g/mol. The zero-order chi connectivity index (χ0) is 20.2. The molecule has 2 aromatic rings. The van der Waals surface area contributed by atoms with E-state index < -0.39 is 17.5 Å². The van der Waals surface area contributed by atoms with Crippen LogP contribution in [0.15, 0.2) is 24.4 Å². The summed E-state index contributed by atoms with van der Waals surface area (Å²) in [6.45, 7) is 7.44. The Morgan fingerprint density at radius 1 is 1.37 bits per heavy atom. The van der Waals surface area contributed by atoms with Crippen molar-refractivity contribution in [2.75, 3.05) is 12.3 Å². The van der Waals surface area contributed by atoms with E-state index in [1.165, 1.54) is 12.3 Å². The van der Waals surface area contributed by atoms with Crippen LogP contribution in [0.1, 0.15) is 32.9 Å². The predicted octanol–water partition coefficient (Wildman–Crippen LogP) is 3.45. The number of aryl methyl sites for hydroxylation is 1. The second kappa shape index (κ2) is 8.20. The van der Waals surface area contributed by atoms with E-state index in [0.717, 1.165) is 0 Å². The fraction of sp³-hybridized carbons (Fsp3) is 0.421. The predicted molar refractivity (Wildman–Crippen MR) is 101 cm³/mol. The Morgan fingerprint density at radius 3 is 2.67 bits per heavy atom. The van der Waals surface area contributed by atoms with E-state index in [-0.39, 0.29) is 29.8 Å². The minimum Gasteiger partial charge on any atom is -0.487 e. The van der Waals surface area contributed by atoms with Gasteiger partial charge >= 0.3 is 6.09 Å². The summed E-state index contributed by atoms with van der Waals surface area (Å²) < 4.78 is 25.5. The quantitative estimate of drug-likeness (QED) is 0.765. The summed E-state index contributed by atoms with van der Waals surface area (Å²) in [5, 5.41) is 0. The molecular weight excluding hydrogens is 351 g/mol. The summed E-state index contributed by atoms with van der Waals surface area (Å²) >= 11 is 0. The van der Waals surface area contributed by atoms with E-state index in [2.05, 4.69) is 9.97 Å². The standard InChI is InChI=1S/C19H25FN4O3/c1-11(2)9-19(4,27-18(22)25)10-26-15-8-14(20)17(24-12(15)3)13-5-6-23-16(21)7-13/h5-8,11H,9-10H2,1-4H3,(H2,21,23)(H2,22,25). The highest BCUT2D eigenvalue weighted by Gasteiger charge is 2.31. The number of hydrogen-bond acceptors (Lipinski definition) is 6. The number of pyridine rings is 2. The maximum Gasteiger partial charge on any atom is 0.405 e. The van der Waals surface area contributed by atoms with Crippen LogP contribution in [0.4, 0.5) is 15.0 Å². The number of rotatable bonds is 7. The Hall–Kier alpha value is -2.90. The number of aromatic nitrogens is 2. The van der Waals surface area contributed by atoms with Crippen LogP contribution in [0.2, 0.25) is 0 Å². The highest BCUT2D eigenvalue weighted by atomic mass is 19.1. The lowest BCUT2D eigenvalue weighted by molar-refractivity contribution is -0.0189. The Balaban J connectivity index is 2.24. The zero-order valence-corrected chi connectivity index (χ0v) is 16.0. The number of carbonyl (C=O) groups is 1. The third-order valence-corrected chi connectivity index (χ3v) is 3.89. The number of amides is 1. The molecule has 8 heteroatoms. The molecule has 0 spiro atoms. The maximum atomic E-state index is 14.6. The highest BCUT2D eigenvalue weighted by Crippen LogP contribution is 2.29. The van der Waals surface area contributed by atoms with Crippen LogP contribution in [0, 0.1) is 18.7 Å². The maximum absolute atomic E-state index is 14.6. The van der Waals surface area contributed by atoms with Crippen molar-refractivity contribution in [3.05, 3.63) is 35.9 Å². The summed E-state index contributed by atoms with van der Waals surface area (Å²) in [5.74, 6) is 0.233. The summed E-state index contributed by atoms with van der Waals surface area (Å²) in [5.41, 5.74) is 11.1. The molecule has 7 nitrogen and oxygen atoms in total. The molecule has 0 aromatic carbocycles. The fourth-order valence-corrected chi connectivity index (χ4v) is 2.98. The number of primary amides is 1. The summed E-state index contributed by atoms with van der Waals surface area (Å²) in [7, 11) is 0. The van der Waals surface area contributed by atoms with Crippen LogP contribution in [-0.4, -0.2) is 28.3 Å². The lowest BCUT2D eigenvalue weighted by Crippen LogP contribution is -2.41. The largest absolute Gasteiger partial charge is 0.487 e. The van der Waals surface area contributed by atoms with Crippen molar-refractivity contribution < 1.29 is 18.7 Å². The topological polar surface area (TPSA) is 113 Å². The van der Waals surface area contributed by atoms with Crippen molar-refractivity contribution in [1.29, 1.82) is 0 Å². The molecule has 0 saturated carbocycles. The molecule has 0 aliphatic carbocycles. The van der Waals surface area contributed by atoms with E-state index in [9.17, 15) is 9.18 Å². The highest BCUT2D eigenvalue weighted by molar-refractivity contribution is 5.65. The number of carbonyl (C=O) groups excluding carboxylic acids is 1. The molecule has 1 atom stereocenters. The summed E-state index contributed by atoms with van der Waals surface area (Å²) in [6, 6.07) is 4.43. The van der Waals surface area contributed by atoms with E-state index in [1.54, 1.807) is 26.0 Å². The normalized spacial score (nSPS) is 13.3. The van der Waals surface area contributed by atoms with E-state index in [0.29, 0.717) is 17.7 Å². The molecule has 0 saturated heterocycles. The van der Waals surface area contributed by atoms with E-state index in [1.807, 2.05) is 13.8 Å². The molecule has 146 valence electrons. The first-order valence-electron chi connectivity index (χ1n) is 8.60. The van der Waals surface area contributed by atoms with E-state index in [4.69, 9.17) is 20.9 Å². The molecule has 0 bridgehead atoms. The molecule has 4 N–H and O–H groups in total. The van der Waals surface area contributed by atoms with Crippen molar-refractivity contribution in [2.24, 2.45) is 11.7 Å². The summed E-state index contributed by atoms with van der Waals surface area (Å²) in [4.78, 5) is 19.4. The van der Waals surface area contributed by atoms with Gasteiger partial charge in [0.25, 0.3) is 0 Å². The number of halogens is 1. The van der Waals surface area contributed by atoms with Gasteiger partial charge in [0.05, 0.1) is 5.69 Å². The van der Waals surface area contributed by atoms with Crippen molar-refractivity contribution in [3.8, 4) is 17.0 Å². The number of nitrogens with zero attached hydrogens (tertiary/aromatic N) is 2. The molecule has 1 unspecified atom stereocenters. The van der Waals surface area contributed by atoms with Gasteiger partial charge in [0.15, 0.2) is 5.82 Å². The van der Waals surface area contributed by atoms with Gasteiger partial charge in [-0.15, -0.1) is 0 Å². The van der Waals surface area contributed by atoms with Crippen molar-refractivity contribution >= 4 is 11.9 Å². The van der Waals surface area contributed by atoms with Gasteiger partial charge in [-0.3, -0.25) is 0 Å². The third-order valence-electron chi connectivity index (χ3n) is 3.89. The molecular formula is C19H25FN4O3. The van der Waals surface area contributed by atoms with Crippen LogP contribution in [0.5, 0.6) is 5.75 Å². The fourth-order valence-electron chi connectivity index (χ4n) is 2.98. The van der Waals surface area contributed by atoms with Crippen molar-refractivity contribution in [2.45, 2.75) is 39.7 Å². The average molecular weight is 376 g/mol. The molecule has 0 aliphatic rings. The Morgan fingerprint density at radius 2 is 2.07 bits per heavy atom. The van der Waals surface area contributed by atoms with Gasteiger partial charge in [0.2, 0.25) is 0 Å². The lowest BCUT2D eigenvalue weighted by Gasteiger charge is -2.30. The van der Waals surface area contributed by atoms with Gasteiger partial charge in [0.1, 0.15) is 29.5 Å². The van der Waals surface area contributed by atoms with Crippen LogP contribution < -0.4 is 16.2 Å². The number of anilines is 1. The molecule has 0 radical (unpaired) electrons. The first-order chi connectivity index (χ1) is 12.6. The van der Waals surface area contributed by atoms with Gasteiger partial charge in [-0.2, -0.15) is 0 Å². The molecule has 0 fully saturated rings. The van der Waals surface area contributed by atoms with Crippen molar-refractivity contribution in [1.82, 2.24) is 9.97 Å².